The molecule has 10 heavy (non-hydrogen) atoms. The fraction of sp³-hybridized carbons (Fsp3) is 0.200. The molecule has 56 valence electrons. The maximum absolute atomic E-state index is 11.4. The number of carbonyl (C=O) groups is 1. The van der Waals surface area contributed by atoms with Gasteiger partial charge in [0.2, 0.25) is 0 Å². The molecule has 5 heteroatoms. The Kier molecular flexibility index (Phi) is 4.02. The van der Waals surface area contributed by atoms with Crippen LogP contribution in [0.15, 0.2) is 17.3 Å². The van der Waals surface area contributed by atoms with Crippen molar-refractivity contribution in [1.82, 2.24) is 0 Å². The van der Waals surface area contributed by atoms with Crippen molar-refractivity contribution in [3.63, 3.8) is 0 Å². The molecule has 0 amide bonds. The summed E-state index contributed by atoms with van der Waals surface area (Å²) in [6.07, 6.45) is 2.17. The van der Waals surface area contributed by atoms with E-state index in [1.54, 1.807) is 0 Å². The number of hydrogen-bond acceptors (Lipinski definition) is 3. The molecule has 0 aromatic rings. The molecular weight excluding hydrogens is 142 g/mol. The van der Waals surface area contributed by atoms with Crippen LogP contribution in [0.25, 0.3) is 0 Å². The first-order valence-corrected chi connectivity index (χ1v) is 2.40. The summed E-state index contributed by atoms with van der Waals surface area (Å²) >= 11 is 0. The average molecular weight is 148 g/mol. The van der Waals surface area contributed by atoms with E-state index in [9.17, 15) is 13.6 Å². The second-order valence-electron chi connectivity index (χ2n) is 1.31. The molecule has 0 saturated heterocycles. The first kappa shape index (κ1) is 8.74. The van der Waals surface area contributed by atoms with E-state index in [0.717, 1.165) is 12.3 Å². The summed E-state index contributed by atoms with van der Waals surface area (Å²) in [5.74, 6) is 0. The lowest BCUT2D eigenvalue weighted by Crippen LogP contribution is -1.99. The Balaban J connectivity index is 4.18. The number of aldehydes is 1. The molecule has 2 N–H and O–H groups in total. The third-order valence-corrected chi connectivity index (χ3v) is 0.634. The van der Waals surface area contributed by atoms with Crippen LogP contribution >= 0.6 is 0 Å². The fourth-order valence-corrected chi connectivity index (χ4v) is 0.324. The van der Waals surface area contributed by atoms with Crippen LogP contribution in [0.3, 0.4) is 0 Å². The van der Waals surface area contributed by atoms with Gasteiger partial charge in [-0.1, -0.05) is 0 Å². The molecule has 0 aliphatic carbocycles. The smallest absolute Gasteiger partial charge is 0.332 e. The molecule has 0 aromatic heterocycles. The van der Waals surface area contributed by atoms with Crippen LogP contribution in [0, 0.1) is 0 Å². The molecule has 0 bridgehead atoms. The summed E-state index contributed by atoms with van der Waals surface area (Å²) in [6.45, 7) is -2.86. The topological polar surface area (TPSA) is 55.5 Å². The molecule has 0 aromatic carbocycles. The number of nitrogens with two attached hydrogens (primary N) is 1. The van der Waals surface area contributed by atoms with Crippen molar-refractivity contribution in [3.8, 4) is 0 Å². The monoisotopic (exact) mass is 148 g/mol. The van der Waals surface area contributed by atoms with Gasteiger partial charge in [0.15, 0.2) is 6.29 Å². The Hall–Kier alpha value is -1.26. The Bertz CT molecular complexity index is 165. The van der Waals surface area contributed by atoms with Gasteiger partial charge in [0.1, 0.15) is 5.71 Å². The van der Waals surface area contributed by atoms with Gasteiger partial charge in [0, 0.05) is 0 Å². The van der Waals surface area contributed by atoms with Gasteiger partial charge >= 0.3 is 6.55 Å². The molecule has 0 atom stereocenters. The molecule has 0 heterocycles. The number of allylic oxidation sites excluding steroid dienone is 1. The Morgan fingerprint density at radius 1 is 1.60 bits per heavy atom. The summed E-state index contributed by atoms with van der Waals surface area (Å²) in [6, 6.07) is 0. The van der Waals surface area contributed by atoms with Crippen LogP contribution in [0.5, 0.6) is 0 Å². The molecule has 0 aliphatic rings. The first-order chi connectivity index (χ1) is 4.70. The number of carbonyl (C=O) groups excluding carboxylic acids is 1. The largest absolute Gasteiger partial charge is 0.405 e. The zero-order valence-corrected chi connectivity index (χ0v) is 5.00. The summed E-state index contributed by atoms with van der Waals surface area (Å²) in [5, 5.41) is 0. The third-order valence-electron chi connectivity index (χ3n) is 0.634. The summed E-state index contributed by atoms with van der Waals surface area (Å²) in [7, 11) is 0. The molecule has 0 unspecified atom stereocenters. The standard InChI is InChI=1S/C5H6F2N2O/c6-5(7)9-4(3-10)1-2-8/h1-3,5H,8H2/b2-1-,9-4-. The highest BCUT2D eigenvalue weighted by Gasteiger charge is 1.98. The van der Waals surface area contributed by atoms with Gasteiger partial charge in [0.05, 0.1) is 0 Å². The van der Waals surface area contributed by atoms with E-state index < -0.39 is 6.55 Å². The fourth-order valence-electron chi connectivity index (χ4n) is 0.324. The minimum atomic E-state index is -2.86. The summed E-state index contributed by atoms with van der Waals surface area (Å²) < 4.78 is 22.7. The number of hydrogen-bond donors (Lipinski definition) is 1. The maximum Gasteiger partial charge on any atom is 0.332 e. The van der Waals surface area contributed by atoms with Crippen LogP contribution in [-0.4, -0.2) is 18.5 Å². The minimum Gasteiger partial charge on any atom is -0.405 e. The van der Waals surface area contributed by atoms with E-state index in [0.29, 0.717) is 0 Å². The van der Waals surface area contributed by atoms with E-state index in [4.69, 9.17) is 5.73 Å². The number of alkyl halides is 2. The van der Waals surface area contributed by atoms with Crippen molar-refractivity contribution in [1.29, 1.82) is 0 Å². The van der Waals surface area contributed by atoms with Crippen LogP contribution in [0.1, 0.15) is 0 Å². The highest BCUT2D eigenvalue weighted by Crippen LogP contribution is 1.93. The molecule has 0 saturated carbocycles. The van der Waals surface area contributed by atoms with Gasteiger partial charge < -0.3 is 5.73 Å². The zero-order chi connectivity index (χ0) is 7.98. The lowest BCUT2D eigenvalue weighted by molar-refractivity contribution is -0.102. The Morgan fingerprint density at radius 2 is 2.20 bits per heavy atom. The lowest BCUT2D eigenvalue weighted by Gasteiger charge is -1.88. The van der Waals surface area contributed by atoms with Crippen molar-refractivity contribution in [2.75, 3.05) is 0 Å². The highest BCUT2D eigenvalue weighted by atomic mass is 19.3. The van der Waals surface area contributed by atoms with Crippen molar-refractivity contribution >= 4 is 12.0 Å². The van der Waals surface area contributed by atoms with Crippen LogP contribution < -0.4 is 5.73 Å². The molecule has 0 spiro atoms. The first-order valence-electron chi connectivity index (χ1n) is 2.40. The average Bonchev–Trinajstić information content (AvgIpc) is 1.86. The van der Waals surface area contributed by atoms with Crippen molar-refractivity contribution in [2.45, 2.75) is 6.55 Å². The molecule has 0 rings (SSSR count). The van der Waals surface area contributed by atoms with Gasteiger partial charge in [-0.2, -0.15) is 8.78 Å². The third kappa shape index (κ3) is 3.71. The van der Waals surface area contributed by atoms with Crippen LogP contribution in [0.2, 0.25) is 0 Å². The van der Waals surface area contributed by atoms with Crippen molar-refractivity contribution in [3.05, 3.63) is 12.3 Å². The summed E-state index contributed by atoms with van der Waals surface area (Å²) in [4.78, 5) is 12.5. The molecule has 3 nitrogen and oxygen atoms in total. The second kappa shape index (κ2) is 4.60. The predicted octanol–water partition coefficient (Wildman–Crippen LogP) is 0.321. The Morgan fingerprint density at radius 3 is 2.50 bits per heavy atom. The minimum absolute atomic E-state index is 0.204. The van der Waals surface area contributed by atoms with Crippen LogP contribution in [-0.2, 0) is 4.79 Å². The maximum atomic E-state index is 11.4. The van der Waals surface area contributed by atoms with Gasteiger partial charge in [-0.05, 0) is 12.3 Å². The highest BCUT2D eigenvalue weighted by molar-refractivity contribution is 6.33. The van der Waals surface area contributed by atoms with E-state index in [-0.39, 0.29) is 12.0 Å². The molecule has 0 aliphatic heterocycles. The zero-order valence-electron chi connectivity index (χ0n) is 5.00. The Labute approximate surface area is 56.2 Å². The summed E-state index contributed by atoms with van der Waals surface area (Å²) in [5.41, 5.74) is 4.45. The second-order valence-corrected chi connectivity index (χ2v) is 1.31. The van der Waals surface area contributed by atoms with Crippen molar-refractivity contribution in [2.24, 2.45) is 10.7 Å². The number of nitrogens with zero attached hydrogens (tertiary/aromatic N) is 1. The normalized spacial score (nSPS) is 12.9. The number of rotatable bonds is 3. The van der Waals surface area contributed by atoms with E-state index in [2.05, 4.69) is 4.99 Å². The van der Waals surface area contributed by atoms with Crippen LogP contribution in [0.4, 0.5) is 8.78 Å². The number of halogens is 2. The quantitative estimate of drug-likeness (QED) is 0.356. The predicted molar refractivity (Wildman–Crippen MR) is 32.8 cm³/mol. The van der Waals surface area contributed by atoms with Gasteiger partial charge in [-0.15, -0.1) is 0 Å². The lowest BCUT2D eigenvalue weighted by atomic mass is 10.4. The number of aliphatic imine (C=N–C) groups is 1. The van der Waals surface area contributed by atoms with Gasteiger partial charge in [-0.3, -0.25) is 4.79 Å². The molecular formula is C5H6F2N2O. The van der Waals surface area contributed by atoms with E-state index in [1.165, 1.54) is 0 Å². The van der Waals surface area contributed by atoms with Gasteiger partial charge in [0.25, 0.3) is 0 Å². The van der Waals surface area contributed by atoms with Gasteiger partial charge in [-0.25, -0.2) is 4.99 Å². The SMILES string of the molecule is N/C=C\C(C=O)=N\C(F)F. The molecule has 0 radical (unpaired) electrons. The van der Waals surface area contributed by atoms with Crippen molar-refractivity contribution < 1.29 is 13.6 Å². The van der Waals surface area contributed by atoms with E-state index in [1.807, 2.05) is 0 Å². The molecule has 0 fully saturated rings. The van der Waals surface area contributed by atoms with E-state index >= 15 is 0 Å².